The first-order chi connectivity index (χ1) is 8.11. The largest absolute Gasteiger partial charge is 0.345 e. The van der Waals surface area contributed by atoms with Crippen molar-refractivity contribution in [1.82, 2.24) is 14.9 Å². The Labute approximate surface area is 99.6 Å². The van der Waals surface area contributed by atoms with Crippen molar-refractivity contribution in [3.8, 4) is 0 Å². The van der Waals surface area contributed by atoms with E-state index in [2.05, 4.69) is 15.4 Å². The minimum absolute atomic E-state index is 0.0940. The standard InChI is InChI=1S/C10H16N6O/c1-7-5-12-10(14-11)13-9(7)16-4-3-15(2)8(17)6-16/h5H,3-4,6,11H2,1-2H3,(H,12,13,14). The molecule has 1 aromatic rings. The summed E-state index contributed by atoms with van der Waals surface area (Å²) in [7, 11) is 1.80. The number of hydrogen-bond donors (Lipinski definition) is 2. The van der Waals surface area contributed by atoms with E-state index in [1.165, 1.54) is 0 Å². The highest BCUT2D eigenvalue weighted by molar-refractivity contribution is 5.82. The molecule has 7 nitrogen and oxygen atoms in total. The molecule has 0 spiro atoms. The molecule has 0 bridgehead atoms. The molecule has 0 unspecified atom stereocenters. The van der Waals surface area contributed by atoms with Gasteiger partial charge in [-0.2, -0.15) is 4.98 Å². The van der Waals surface area contributed by atoms with Gasteiger partial charge in [-0.25, -0.2) is 10.8 Å². The zero-order chi connectivity index (χ0) is 12.4. The number of nitrogens with one attached hydrogen (secondary N) is 1. The van der Waals surface area contributed by atoms with Gasteiger partial charge >= 0.3 is 0 Å². The fourth-order valence-electron chi connectivity index (χ4n) is 1.76. The van der Waals surface area contributed by atoms with E-state index < -0.39 is 0 Å². The van der Waals surface area contributed by atoms with Crippen LogP contribution < -0.4 is 16.2 Å². The predicted octanol–water partition coefficient (Wildman–Crippen LogP) is -0.651. The average Bonchev–Trinajstić information content (AvgIpc) is 2.33. The Balaban J connectivity index is 2.24. The van der Waals surface area contributed by atoms with Crippen molar-refractivity contribution < 1.29 is 4.79 Å². The van der Waals surface area contributed by atoms with E-state index >= 15 is 0 Å². The van der Waals surface area contributed by atoms with Crippen LogP contribution >= 0.6 is 0 Å². The van der Waals surface area contributed by atoms with Gasteiger partial charge in [-0.3, -0.25) is 10.2 Å². The fraction of sp³-hybridized carbons (Fsp3) is 0.500. The highest BCUT2D eigenvalue weighted by Crippen LogP contribution is 2.19. The first-order valence-corrected chi connectivity index (χ1v) is 5.41. The second-order valence-electron chi connectivity index (χ2n) is 4.08. The van der Waals surface area contributed by atoms with Gasteiger partial charge in [0.15, 0.2) is 0 Å². The molecule has 0 aromatic carbocycles. The molecule has 0 aliphatic carbocycles. The molecular weight excluding hydrogens is 220 g/mol. The Morgan fingerprint density at radius 3 is 2.88 bits per heavy atom. The van der Waals surface area contributed by atoms with Crippen molar-refractivity contribution in [2.75, 3.05) is 37.0 Å². The molecule has 2 heterocycles. The van der Waals surface area contributed by atoms with Crippen LogP contribution in [0.3, 0.4) is 0 Å². The molecule has 1 saturated heterocycles. The zero-order valence-corrected chi connectivity index (χ0v) is 9.97. The van der Waals surface area contributed by atoms with Crippen LogP contribution in [-0.4, -0.2) is 47.5 Å². The van der Waals surface area contributed by atoms with Crippen LogP contribution in [0, 0.1) is 6.92 Å². The van der Waals surface area contributed by atoms with E-state index in [4.69, 9.17) is 5.84 Å². The van der Waals surface area contributed by atoms with Gasteiger partial charge < -0.3 is 9.80 Å². The molecule has 92 valence electrons. The summed E-state index contributed by atoms with van der Waals surface area (Å²) in [4.78, 5) is 23.6. The maximum atomic E-state index is 11.6. The summed E-state index contributed by atoms with van der Waals surface area (Å²) in [6.07, 6.45) is 1.69. The van der Waals surface area contributed by atoms with E-state index in [9.17, 15) is 4.79 Å². The third-order valence-corrected chi connectivity index (χ3v) is 2.83. The topological polar surface area (TPSA) is 87.4 Å². The first kappa shape index (κ1) is 11.6. The number of hydrazine groups is 1. The molecule has 1 fully saturated rings. The third-order valence-electron chi connectivity index (χ3n) is 2.83. The molecule has 7 heteroatoms. The van der Waals surface area contributed by atoms with Gasteiger partial charge in [-0.05, 0) is 6.92 Å². The summed E-state index contributed by atoms with van der Waals surface area (Å²) in [5.41, 5.74) is 3.34. The van der Waals surface area contributed by atoms with Gasteiger partial charge in [0.05, 0.1) is 6.54 Å². The first-order valence-electron chi connectivity index (χ1n) is 5.41. The molecule has 17 heavy (non-hydrogen) atoms. The summed E-state index contributed by atoms with van der Waals surface area (Å²) >= 11 is 0. The van der Waals surface area contributed by atoms with Gasteiger partial charge in [0.25, 0.3) is 0 Å². The maximum absolute atomic E-state index is 11.6. The average molecular weight is 236 g/mol. The smallest absolute Gasteiger partial charge is 0.241 e. The van der Waals surface area contributed by atoms with E-state index in [0.29, 0.717) is 19.0 Å². The van der Waals surface area contributed by atoms with Crippen molar-refractivity contribution >= 4 is 17.7 Å². The van der Waals surface area contributed by atoms with E-state index in [1.807, 2.05) is 11.8 Å². The van der Waals surface area contributed by atoms with Crippen LogP contribution in [0.5, 0.6) is 0 Å². The van der Waals surface area contributed by atoms with Crippen molar-refractivity contribution in [2.45, 2.75) is 6.92 Å². The minimum Gasteiger partial charge on any atom is -0.345 e. The number of aromatic nitrogens is 2. The molecule has 1 aliphatic heterocycles. The Bertz CT molecular complexity index is 435. The van der Waals surface area contributed by atoms with Gasteiger partial charge in [-0.1, -0.05) is 0 Å². The molecule has 1 aromatic heterocycles. The minimum atomic E-state index is 0.0940. The molecule has 3 N–H and O–H groups in total. The Kier molecular flexibility index (Phi) is 3.10. The number of nitrogen functional groups attached to an aromatic ring is 1. The SMILES string of the molecule is Cc1cnc(NN)nc1N1CCN(C)C(=O)C1. The Morgan fingerprint density at radius 2 is 2.24 bits per heavy atom. The number of rotatable bonds is 2. The summed E-state index contributed by atoms with van der Waals surface area (Å²) in [6.45, 7) is 3.73. The number of carbonyl (C=O) groups excluding carboxylic acids is 1. The quantitative estimate of drug-likeness (QED) is 0.524. The van der Waals surface area contributed by atoms with Crippen LogP contribution in [0.25, 0.3) is 0 Å². The summed E-state index contributed by atoms with van der Waals surface area (Å²) in [5, 5.41) is 0. The van der Waals surface area contributed by atoms with Gasteiger partial charge in [0.2, 0.25) is 11.9 Å². The number of likely N-dealkylation sites (N-methyl/N-ethyl adjacent to an activating group) is 1. The van der Waals surface area contributed by atoms with Gasteiger partial charge in [-0.15, -0.1) is 0 Å². The number of nitrogens with two attached hydrogens (primary N) is 1. The fourth-order valence-corrected chi connectivity index (χ4v) is 1.76. The van der Waals surface area contributed by atoms with Gasteiger partial charge in [0, 0.05) is 31.9 Å². The summed E-state index contributed by atoms with van der Waals surface area (Å²) in [5.74, 6) is 6.49. The van der Waals surface area contributed by atoms with E-state index in [1.54, 1.807) is 18.1 Å². The lowest BCUT2D eigenvalue weighted by molar-refractivity contribution is -0.129. The third kappa shape index (κ3) is 2.28. The molecule has 0 atom stereocenters. The Morgan fingerprint density at radius 1 is 1.47 bits per heavy atom. The number of hydrogen-bond acceptors (Lipinski definition) is 6. The van der Waals surface area contributed by atoms with Crippen LogP contribution in [0.4, 0.5) is 11.8 Å². The number of amides is 1. The number of aryl methyl sites for hydroxylation is 1. The van der Waals surface area contributed by atoms with E-state index in [-0.39, 0.29) is 5.91 Å². The van der Waals surface area contributed by atoms with Crippen LogP contribution in [-0.2, 0) is 4.79 Å². The summed E-state index contributed by atoms with van der Waals surface area (Å²) < 4.78 is 0. The maximum Gasteiger partial charge on any atom is 0.241 e. The van der Waals surface area contributed by atoms with Crippen molar-refractivity contribution in [3.63, 3.8) is 0 Å². The number of carbonyl (C=O) groups is 1. The number of anilines is 2. The monoisotopic (exact) mass is 236 g/mol. The number of nitrogens with zero attached hydrogens (tertiary/aromatic N) is 4. The lowest BCUT2D eigenvalue weighted by Gasteiger charge is -2.33. The van der Waals surface area contributed by atoms with E-state index in [0.717, 1.165) is 17.9 Å². The van der Waals surface area contributed by atoms with Crippen LogP contribution in [0.2, 0.25) is 0 Å². The lowest BCUT2D eigenvalue weighted by Crippen LogP contribution is -2.49. The highest BCUT2D eigenvalue weighted by atomic mass is 16.2. The molecule has 2 rings (SSSR count). The predicted molar refractivity (Wildman–Crippen MR) is 64.4 cm³/mol. The number of piperazine rings is 1. The van der Waals surface area contributed by atoms with Crippen molar-refractivity contribution in [1.29, 1.82) is 0 Å². The Hall–Kier alpha value is -1.89. The molecular formula is C10H16N6O. The highest BCUT2D eigenvalue weighted by Gasteiger charge is 2.23. The van der Waals surface area contributed by atoms with Gasteiger partial charge in [0.1, 0.15) is 5.82 Å². The zero-order valence-electron chi connectivity index (χ0n) is 9.97. The van der Waals surface area contributed by atoms with Crippen LogP contribution in [0.15, 0.2) is 6.20 Å². The lowest BCUT2D eigenvalue weighted by atomic mass is 10.2. The normalized spacial score (nSPS) is 16.3. The van der Waals surface area contributed by atoms with Crippen molar-refractivity contribution in [3.05, 3.63) is 11.8 Å². The molecule has 0 saturated carbocycles. The second kappa shape index (κ2) is 4.54. The van der Waals surface area contributed by atoms with Crippen molar-refractivity contribution in [2.24, 2.45) is 5.84 Å². The molecule has 1 aliphatic rings. The van der Waals surface area contributed by atoms with Crippen LogP contribution in [0.1, 0.15) is 5.56 Å². The molecule has 0 radical (unpaired) electrons. The molecule has 1 amide bonds. The second-order valence-corrected chi connectivity index (χ2v) is 4.08. The summed E-state index contributed by atoms with van der Waals surface area (Å²) in [6, 6.07) is 0.